The van der Waals surface area contributed by atoms with Crippen molar-refractivity contribution in [1.29, 1.82) is 0 Å². The topological polar surface area (TPSA) is 28.3 Å². The number of ether oxygens (including phenoxy) is 1. The molecule has 3 heteroatoms. The van der Waals surface area contributed by atoms with Crippen molar-refractivity contribution >= 4 is 10.9 Å². The van der Waals surface area contributed by atoms with Gasteiger partial charge in [0.15, 0.2) is 0 Å². The standard InChI is InChI=1S/C14H18N2O/c1-16-7-5-12-11-4-3-10(17-2)9-14(11)15-13(12)6-8-16/h3-4,9,15H,5-8H2,1-2H3/i2D3. The lowest BCUT2D eigenvalue weighted by molar-refractivity contribution is 0.352. The second-order valence-corrected chi connectivity index (χ2v) is 4.69. The van der Waals surface area contributed by atoms with Crippen molar-refractivity contribution < 1.29 is 8.85 Å². The Morgan fingerprint density at radius 1 is 1.35 bits per heavy atom. The molecule has 2 heterocycles. The van der Waals surface area contributed by atoms with Gasteiger partial charge >= 0.3 is 0 Å². The third-order valence-electron chi connectivity index (χ3n) is 3.57. The van der Waals surface area contributed by atoms with E-state index in [4.69, 9.17) is 8.85 Å². The molecule has 1 aliphatic rings. The summed E-state index contributed by atoms with van der Waals surface area (Å²) in [5.41, 5.74) is 3.57. The average molecular weight is 233 g/mol. The maximum absolute atomic E-state index is 7.15. The van der Waals surface area contributed by atoms with Gasteiger partial charge < -0.3 is 14.6 Å². The highest BCUT2D eigenvalue weighted by molar-refractivity contribution is 5.86. The molecular formula is C14H18N2O. The molecular weight excluding hydrogens is 212 g/mol. The van der Waals surface area contributed by atoms with Crippen LogP contribution in [0, 0.1) is 0 Å². The summed E-state index contributed by atoms with van der Waals surface area (Å²) in [6.45, 7) is 2.09. The van der Waals surface area contributed by atoms with E-state index in [1.165, 1.54) is 16.6 Å². The zero-order valence-electron chi connectivity index (χ0n) is 12.9. The summed E-state index contributed by atoms with van der Waals surface area (Å²) >= 11 is 0. The number of hydrogen-bond acceptors (Lipinski definition) is 2. The van der Waals surface area contributed by atoms with E-state index < -0.39 is 7.04 Å². The summed E-state index contributed by atoms with van der Waals surface area (Å²) in [5.74, 6) is 0.381. The Morgan fingerprint density at radius 2 is 2.24 bits per heavy atom. The molecule has 2 aromatic rings. The fraction of sp³-hybridized carbons (Fsp3) is 0.429. The molecule has 0 saturated heterocycles. The molecule has 17 heavy (non-hydrogen) atoms. The maximum atomic E-state index is 7.15. The molecule has 0 unspecified atom stereocenters. The number of rotatable bonds is 1. The largest absolute Gasteiger partial charge is 0.497 e. The zero-order chi connectivity index (χ0) is 14.3. The number of aromatic nitrogens is 1. The van der Waals surface area contributed by atoms with Crippen LogP contribution < -0.4 is 4.74 Å². The highest BCUT2D eigenvalue weighted by Crippen LogP contribution is 2.28. The summed E-state index contributed by atoms with van der Waals surface area (Å²) in [6, 6.07) is 5.47. The highest BCUT2D eigenvalue weighted by Gasteiger charge is 2.16. The fourth-order valence-electron chi connectivity index (χ4n) is 2.57. The van der Waals surface area contributed by atoms with Crippen LogP contribution in [0.15, 0.2) is 18.2 Å². The number of nitrogens with zero attached hydrogens (tertiary/aromatic N) is 1. The van der Waals surface area contributed by atoms with E-state index in [0.29, 0.717) is 5.75 Å². The molecule has 1 aromatic carbocycles. The number of fused-ring (bicyclic) bond motifs is 3. The summed E-state index contributed by atoms with van der Waals surface area (Å²) in [5, 5.41) is 1.17. The number of likely N-dealkylation sites (N-methyl/N-ethyl adjacent to an activating group) is 1. The van der Waals surface area contributed by atoms with Gasteiger partial charge in [0.05, 0.1) is 11.2 Å². The second kappa shape index (κ2) is 4.08. The van der Waals surface area contributed by atoms with Crippen molar-refractivity contribution in [2.75, 3.05) is 27.2 Å². The number of hydrogen-bond donors (Lipinski definition) is 1. The molecule has 0 atom stereocenters. The number of aromatic amines is 1. The van der Waals surface area contributed by atoms with Gasteiger partial charge in [-0.3, -0.25) is 0 Å². The quantitative estimate of drug-likeness (QED) is 0.818. The Balaban J connectivity index is 1.97. The summed E-state index contributed by atoms with van der Waals surface area (Å²) in [6.07, 6.45) is 2.02. The second-order valence-electron chi connectivity index (χ2n) is 4.69. The van der Waals surface area contributed by atoms with Crippen molar-refractivity contribution in [3.63, 3.8) is 0 Å². The smallest absolute Gasteiger partial charge is 0.120 e. The van der Waals surface area contributed by atoms with Gasteiger partial charge in [0.1, 0.15) is 5.75 Å². The average Bonchev–Trinajstić information content (AvgIpc) is 2.58. The number of H-pyrrole nitrogens is 1. The Morgan fingerprint density at radius 3 is 3.12 bits per heavy atom. The van der Waals surface area contributed by atoms with E-state index in [9.17, 15) is 0 Å². The third kappa shape index (κ3) is 1.80. The SMILES string of the molecule is [2H]C([2H])([2H])Oc1ccc2c3c([nH]c2c1)CCN(C)CC3. The van der Waals surface area contributed by atoms with Crippen LogP contribution in [0.2, 0.25) is 0 Å². The van der Waals surface area contributed by atoms with Crippen LogP contribution in [0.3, 0.4) is 0 Å². The van der Waals surface area contributed by atoms with Gasteiger partial charge in [-0.1, -0.05) is 0 Å². The number of benzene rings is 1. The van der Waals surface area contributed by atoms with Crippen molar-refractivity contribution in [3.8, 4) is 5.75 Å². The van der Waals surface area contributed by atoms with Crippen LogP contribution in [0.25, 0.3) is 10.9 Å². The van der Waals surface area contributed by atoms with Crippen molar-refractivity contribution in [2.24, 2.45) is 0 Å². The van der Waals surface area contributed by atoms with E-state index >= 15 is 0 Å². The van der Waals surface area contributed by atoms with Crippen LogP contribution >= 0.6 is 0 Å². The van der Waals surface area contributed by atoms with Crippen LogP contribution in [0.5, 0.6) is 5.75 Å². The maximum Gasteiger partial charge on any atom is 0.120 e. The Bertz CT molecular complexity index is 633. The number of nitrogens with one attached hydrogen (secondary N) is 1. The molecule has 0 aliphatic carbocycles. The molecule has 0 spiro atoms. The van der Waals surface area contributed by atoms with Crippen LogP contribution in [0.1, 0.15) is 15.4 Å². The lowest BCUT2D eigenvalue weighted by atomic mass is 10.1. The van der Waals surface area contributed by atoms with E-state index in [2.05, 4.69) is 16.9 Å². The predicted molar refractivity (Wildman–Crippen MR) is 69.8 cm³/mol. The van der Waals surface area contributed by atoms with E-state index in [1.54, 1.807) is 12.1 Å². The Hall–Kier alpha value is -1.48. The molecule has 0 radical (unpaired) electrons. The van der Waals surface area contributed by atoms with Gasteiger partial charge in [0.2, 0.25) is 0 Å². The van der Waals surface area contributed by atoms with Crippen molar-refractivity contribution in [1.82, 2.24) is 9.88 Å². The van der Waals surface area contributed by atoms with E-state index in [-0.39, 0.29) is 0 Å². The molecule has 1 aliphatic heterocycles. The van der Waals surface area contributed by atoms with Crippen LogP contribution in [-0.2, 0) is 12.8 Å². The molecule has 1 aromatic heterocycles. The van der Waals surface area contributed by atoms with Gasteiger partial charge in [-0.2, -0.15) is 0 Å². The minimum Gasteiger partial charge on any atom is -0.497 e. The Labute approximate surface area is 106 Å². The van der Waals surface area contributed by atoms with E-state index in [1.807, 2.05) is 6.07 Å². The summed E-state index contributed by atoms with van der Waals surface area (Å²) in [4.78, 5) is 5.74. The first-order valence-electron chi connectivity index (χ1n) is 7.43. The molecule has 0 bridgehead atoms. The first-order chi connectivity index (χ1) is 9.42. The lowest BCUT2D eigenvalue weighted by Crippen LogP contribution is -2.21. The van der Waals surface area contributed by atoms with E-state index in [0.717, 1.165) is 31.4 Å². The van der Waals surface area contributed by atoms with Gasteiger partial charge in [0, 0.05) is 42.2 Å². The van der Waals surface area contributed by atoms with Crippen LogP contribution in [0.4, 0.5) is 0 Å². The summed E-state index contributed by atoms with van der Waals surface area (Å²) < 4.78 is 26.4. The molecule has 0 saturated carbocycles. The number of methoxy groups -OCH3 is 1. The van der Waals surface area contributed by atoms with Gasteiger partial charge in [-0.15, -0.1) is 0 Å². The first-order valence-corrected chi connectivity index (χ1v) is 5.93. The zero-order valence-corrected chi connectivity index (χ0v) is 9.92. The molecule has 90 valence electrons. The van der Waals surface area contributed by atoms with Crippen molar-refractivity contribution in [3.05, 3.63) is 29.5 Å². The molecule has 0 amide bonds. The molecule has 3 rings (SSSR count). The minimum absolute atomic E-state index is 0.381. The van der Waals surface area contributed by atoms with Gasteiger partial charge in [0.25, 0.3) is 0 Å². The predicted octanol–water partition coefficient (Wildman–Crippen LogP) is 2.21. The normalized spacial score (nSPS) is 20.2. The monoisotopic (exact) mass is 233 g/mol. The van der Waals surface area contributed by atoms with Gasteiger partial charge in [-0.25, -0.2) is 0 Å². The van der Waals surface area contributed by atoms with Crippen LogP contribution in [-0.4, -0.2) is 37.1 Å². The van der Waals surface area contributed by atoms with Crippen molar-refractivity contribution in [2.45, 2.75) is 12.8 Å². The first kappa shape index (κ1) is 7.77. The minimum atomic E-state index is -2.40. The molecule has 1 N–H and O–H groups in total. The lowest BCUT2D eigenvalue weighted by Gasteiger charge is -2.11. The fourth-order valence-corrected chi connectivity index (χ4v) is 2.57. The highest BCUT2D eigenvalue weighted by atomic mass is 16.5. The Kier molecular flexibility index (Phi) is 1.86. The molecule has 0 fully saturated rings. The third-order valence-corrected chi connectivity index (χ3v) is 3.57. The van der Waals surface area contributed by atoms with Gasteiger partial charge in [-0.05, 0) is 31.2 Å². The molecule has 3 nitrogen and oxygen atoms in total. The summed E-state index contributed by atoms with van der Waals surface area (Å²) in [7, 11) is -0.267.